The molecule has 0 amide bonds. The van der Waals surface area contributed by atoms with Crippen LogP contribution in [0.3, 0.4) is 0 Å². The highest BCUT2D eigenvalue weighted by atomic mass is 16.6. The number of carbonyl (C=O) groups is 1. The largest absolute Gasteiger partial charge is 0.459 e. The van der Waals surface area contributed by atoms with Crippen LogP contribution in [0, 0.1) is 0 Å². The van der Waals surface area contributed by atoms with E-state index < -0.39 is 11.6 Å². The highest BCUT2D eigenvalue weighted by Gasteiger charge is 2.29. The molecule has 7 heteroatoms. The zero-order valence-corrected chi connectivity index (χ0v) is 18.5. The summed E-state index contributed by atoms with van der Waals surface area (Å²) in [7, 11) is 0. The molecule has 3 aliphatic rings. The molecule has 2 aromatic rings. The lowest BCUT2D eigenvalue weighted by Crippen LogP contribution is -2.38. The fourth-order valence-corrected chi connectivity index (χ4v) is 4.60. The van der Waals surface area contributed by atoms with Gasteiger partial charge in [-0.1, -0.05) is 6.92 Å². The molecule has 0 radical (unpaired) electrons. The van der Waals surface area contributed by atoms with Crippen molar-refractivity contribution in [1.29, 1.82) is 0 Å². The zero-order valence-electron chi connectivity index (χ0n) is 18.5. The summed E-state index contributed by atoms with van der Waals surface area (Å²) in [5.41, 5.74) is 0.992. The smallest absolute Gasteiger partial charge is 0.326 e. The topological polar surface area (TPSA) is 67.7 Å². The molecule has 3 saturated heterocycles. The first-order chi connectivity index (χ1) is 14.2. The van der Waals surface area contributed by atoms with Gasteiger partial charge in [0.05, 0.1) is 10.9 Å². The molecule has 1 aromatic carbocycles. The second-order valence-electron chi connectivity index (χ2n) is 9.33. The summed E-state index contributed by atoms with van der Waals surface area (Å²) < 4.78 is 6.91. The summed E-state index contributed by atoms with van der Waals surface area (Å²) in [4.78, 5) is 35.4. The molecule has 0 unspecified atom stereocenters. The summed E-state index contributed by atoms with van der Waals surface area (Å²) in [5.74, 6) is 0.183. The lowest BCUT2D eigenvalue weighted by atomic mass is 10.0. The lowest BCUT2D eigenvalue weighted by Gasteiger charge is -2.33. The maximum atomic E-state index is 13.4. The molecule has 0 atom stereocenters. The van der Waals surface area contributed by atoms with Gasteiger partial charge in [0.1, 0.15) is 18.0 Å². The number of hydrogen-bond acceptors (Lipinski definition) is 6. The summed E-state index contributed by atoms with van der Waals surface area (Å²) in [6, 6.07) is 6.51. The van der Waals surface area contributed by atoms with Gasteiger partial charge in [0, 0.05) is 44.3 Å². The molecule has 4 heterocycles. The van der Waals surface area contributed by atoms with Gasteiger partial charge in [-0.05, 0) is 51.8 Å². The molecule has 0 spiro atoms. The van der Waals surface area contributed by atoms with E-state index in [2.05, 4.69) is 20.9 Å². The van der Waals surface area contributed by atoms with E-state index in [1.807, 2.05) is 39.8 Å². The number of aromatic nitrogens is 2. The van der Waals surface area contributed by atoms with E-state index in [9.17, 15) is 9.59 Å². The molecule has 3 aliphatic heterocycles. The average Bonchev–Trinajstić information content (AvgIpc) is 3.02. The second kappa shape index (κ2) is 8.02. The minimum Gasteiger partial charge on any atom is -0.459 e. The van der Waals surface area contributed by atoms with E-state index in [1.165, 1.54) is 4.57 Å². The number of piperidine rings is 1. The highest BCUT2D eigenvalue weighted by molar-refractivity contribution is 5.82. The van der Waals surface area contributed by atoms with Crippen LogP contribution in [0.2, 0.25) is 0 Å². The quantitative estimate of drug-likeness (QED) is 0.719. The van der Waals surface area contributed by atoms with Crippen molar-refractivity contribution in [2.75, 3.05) is 31.1 Å². The number of anilines is 1. The van der Waals surface area contributed by atoms with Crippen LogP contribution < -0.4 is 10.5 Å². The van der Waals surface area contributed by atoms with Crippen molar-refractivity contribution >= 4 is 22.6 Å². The van der Waals surface area contributed by atoms with E-state index in [-0.39, 0.29) is 12.1 Å². The minimum absolute atomic E-state index is 0.117. The Labute approximate surface area is 177 Å². The van der Waals surface area contributed by atoms with Gasteiger partial charge in [-0.2, -0.15) is 0 Å². The van der Waals surface area contributed by atoms with E-state index in [1.54, 1.807) is 0 Å². The molecule has 1 aromatic heterocycles. The third-order valence-electron chi connectivity index (χ3n) is 6.03. The molecular weight excluding hydrogens is 380 g/mol. The van der Waals surface area contributed by atoms with Crippen molar-refractivity contribution < 1.29 is 9.53 Å². The predicted octanol–water partition coefficient (Wildman–Crippen LogP) is 2.58. The molecule has 0 N–H and O–H groups in total. The third kappa shape index (κ3) is 4.21. The summed E-state index contributed by atoms with van der Waals surface area (Å²) >= 11 is 0. The number of fused-ring (bicyclic) bond motifs is 5. The number of benzene rings is 1. The van der Waals surface area contributed by atoms with E-state index in [0.29, 0.717) is 29.2 Å². The van der Waals surface area contributed by atoms with Crippen LogP contribution in [0.1, 0.15) is 46.4 Å². The number of aryl methyl sites for hydroxylation is 1. The van der Waals surface area contributed by atoms with Gasteiger partial charge in [-0.3, -0.25) is 14.2 Å². The third-order valence-corrected chi connectivity index (χ3v) is 6.03. The molecule has 7 nitrogen and oxygen atoms in total. The standard InChI is InChI=1S/C23H32N4O3/c1-5-20-24-19-7-6-17(26-13-12-25-10-8-16(26)9-11-25)14-18(19)22(29)27(20)15-21(28)30-23(2,3)4/h6-7,14,16H,5,8-13,15H2,1-4H3. The van der Waals surface area contributed by atoms with Crippen molar-refractivity contribution in [2.45, 2.75) is 65.1 Å². The van der Waals surface area contributed by atoms with Crippen molar-refractivity contribution in [1.82, 2.24) is 14.5 Å². The Morgan fingerprint density at radius 1 is 1.17 bits per heavy atom. The Kier molecular flexibility index (Phi) is 5.57. The van der Waals surface area contributed by atoms with Gasteiger partial charge in [-0.15, -0.1) is 0 Å². The van der Waals surface area contributed by atoms with Crippen LogP contribution in [-0.4, -0.2) is 58.2 Å². The molecule has 3 fully saturated rings. The second-order valence-corrected chi connectivity index (χ2v) is 9.33. The van der Waals surface area contributed by atoms with Crippen LogP contribution in [0.5, 0.6) is 0 Å². The molecular formula is C23H32N4O3. The van der Waals surface area contributed by atoms with E-state index in [4.69, 9.17) is 4.74 Å². The van der Waals surface area contributed by atoms with Gasteiger partial charge in [0.2, 0.25) is 0 Å². The first-order valence-electron chi connectivity index (χ1n) is 11.0. The van der Waals surface area contributed by atoms with Crippen molar-refractivity contribution in [3.05, 3.63) is 34.4 Å². The summed E-state index contributed by atoms with van der Waals surface area (Å²) in [6.45, 7) is 11.6. The van der Waals surface area contributed by atoms with Gasteiger partial charge >= 0.3 is 5.97 Å². The minimum atomic E-state index is -0.591. The maximum Gasteiger partial charge on any atom is 0.326 e. The van der Waals surface area contributed by atoms with Crippen LogP contribution in [0.15, 0.2) is 23.0 Å². The maximum absolute atomic E-state index is 13.4. The van der Waals surface area contributed by atoms with Crippen LogP contribution in [-0.2, 0) is 22.5 Å². The van der Waals surface area contributed by atoms with Crippen LogP contribution >= 0.6 is 0 Å². The molecule has 5 rings (SSSR count). The van der Waals surface area contributed by atoms with Crippen molar-refractivity contribution in [3.8, 4) is 0 Å². The first-order valence-corrected chi connectivity index (χ1v) is 11.0. The van der Waals surface area contributed by atoms with Crippen LogP contribution in [0.25, 0.3) is 10.9 Å². The number of hydrogen-bond donors (Lipinski definition) is 0. The zero-order chi connectivity index (χ0) is 21.5. The number of rotatable bonds is 4. The fourth-order valence-electron chi connectivity index (χ4n) is 4.60. The normalized spacial score (nSPS) is 21.7. The van der Waals surface area contributed by atoms with E-state index in [0.717, 1.165) is 44.7 Å². The fraction of sp³-hybridized carbons (Fsp3) is 0.609. The summed E-state index contributed by atoms with van der Waals surface area (Å²) in [5, 5.41) is 0.562. The van der Waals surface area contributed by atoms with Crippen LogP contribution in [0.4, 0.5) is 5.69 Å². The number of esters is 1. The molecule has 162 valence electrons. The Hall–Kier alpha value is -2.41. The van der Waals surface area contributed by atoms with Gasteiger partial charge in [0.15, 0.2) is 0 Å². The Morgan fingerprint density at radius 3 is 2.57 bits per heavy atom. The lowest BCUT2D eigenvalue weighted by molar-refractivity contribution is -0.155. The Morgan fingerprint density at radius 2 is 1.90 bits per heavy atom. The molecule has 30 heavy (non-hydrogen) atoms. The SMILES string of the molecule is CCc1nc2ccc(N3CCN4CCC3CC4)cc2c(=O)n1CC(=O)OC(C)(C)C. The number of nitrogens with zero attached hydrogens (tertiary/aromatic N) is 4. The van der Waals surface area contributed by atoms with Gasteiger partial charge in [-0.25, -0.2) is 4.98 Å². The highest BCUT2D eigenvalue weighted by Crippen LogP contribution is 2.28. The van der Waals surface area contributed by atoms with Crippen molar-refractivity contribution in [2.24, 2.45) is 0 Å². The molecule has 2 bridgehead atoms. The van der Waals surface area contributed by atoms with Crippen molar-refractivity contribution in [3.63, 3.8) is 0 Å². The predicted molar refractivity (Wildman–Crippen MR) is 118 cm³/mol. The summed E-state index contributed by atoms with van der Waals surface area (Å²) in [6.07, 6.45) is 2.89. The number of ether oxygens (including phenoxy) is 1. The van der Waals surface area contributed by atoms with Gasteiger partial charge in [0.25, 0.3) is 5.56 Å². The average molecular weight is 413 g/mol. The van der Waals surface area contributed by atoms with E-state index >= 15 is 0 Å². The molecule has 0 saturated carbocycles. The monoisotopic (exact) mass is 412 g/mol. The Bertz CT molecular complexity index is 1000. The van der Waals surface area contributed by atoms with Gasteiger partial charge < -0.3 is 14.5 Å². The molecule has 0 aliphatic carbocycles. The Balaban J connectivity index is 1.71. The first kappa shape index (κ1) is 20.8. The number of carbonyl (C=O) groups excluding carboxylic acids is 1.